The number of hydrogen-bond acceptors (Lipinski definition) is 9. The molecule has 34 heavy (non-hydrogen) atoms. The van der Waals surface area contributed by atoms with E-state index in [0.717, 1.165) is 0 Å². The van der Waals surface area contributed by atoms with Gasteiger partial charge in [0.2, 0.25) is 0 Å². The standard InChI is InChI=1S/C22H40N6O6/c1-21(2,3)33-18(29)15-26-9-10-27(16-19(30)34-22(4,5)6)12-14-28(13-11-26)17(20(31)32)7-8-24-25-23/h17H,7-16H2,1-6H3,(H,31,32). The third kappa shape index (κ3) is 12.7. The second-order valence-electron chi connectivity index (χ2n) is 10.4. The lowest BCUT2D eigenvalue weighted by Crippen LogP contribution is -2.47. The van der Waals surface area contributed by atoms with Crippen LogP contribution < -0.4 is 0 Å². The molecule has 1 unspecified atom stereocenters. The number of carboxylic acid groups (broad SMARTS) is 1. The Morgan fingerprint density at radius 1 is 0.882 bits per heavy atom. The van der Waals surface area contributed by atoms with Crippen molar-refractivity contribution in [3.63, 3.8) is 0 Å². The molecule has 0 spiro atoms. The normalized spacial score (nSPS) is 18.1. The summed E-state index contributed by atoms with van der Waals surface area (Å²) in [5.41, 5.74) is 7.32. The van der Waals surface area contributed by atoms with Crippen molar-refractivity contribution in [2.45, 2.75) is 65.2 Å². The van der Waals surface area contributed by atoms with Crippen LogP contribution in [0.3, 0.4) is 0 Å². The fourth-order valence-corrected chi connectivity index (χ4v) is 3.59. The maximum absolute atomic E-state index is 12.4. The van der Waals surface area contributed by atoms with Gasteiger partial charge in [-0.2, -0.15) is 0 Å². The number of rotatable bonds is 9. The zero-order valence-electron chi connectivity index (χ0n) is 21.3. The highest BCUT2D eigenvalue weighted by Crippen LogP contribution is 2.12. The molecule has 0 aromatic heterocycles. The highest BCUT2D eigenvalue weighted by atomic mass is 16.6. The van der Waals surface area contributed by atoms with Gasteiger partial charge in [0.05, 0.1) is 13.1 Å². The third-order valence-electron chi connectivity index (χ3n) is 4.98. The van der Waals surface area contributed by atoms with Crippen molar-refractivity contribution in [3.05, 3.63) is 10.4 Å². The Labute approximate surface area is 201 Å². The molecular weight excluding hydrogens is 444 g/mol. The molecule has 194 valence electrons. The monoisotopic (exact) mass is 484 g/mol. The number of carbonyl (C=O) groups excluding carboxylic acids is 2. The molecule has 0 saturated carbocycles. The lowest BCUT2D eigenvalue weighted by molar-refractivity contribution is -0.158. The summed E-state index contributed by atoms with van der Waals surface area (Å²) < 4.78 is 10.9. The van der Waals surface area contributed by atoms with E-state index in [0.29, 0.717) is 39.3 Å². The quantitative estimate of drug-likeness (QED) is 0.223. The largest absolute Gasteiger partial charge is 0.480 e. The Kier molecular flexibility index (Phi) is 11.7. The Balaban J connectivity index is 3.01. The Hall–Kier alpha value is -2.40. The average molecular weight is 485 g/mol. The number of ether oxygens (including phenoxy) is 2. The number of azide groups is 1. The lowest BCUT2D eigenvalue weighted by Gasteiger charge is -2.30. The fraction of sp³-hybridized carbons (Fsp3) is 0.864. The van der Waals surface area contributed by atoms with Crippen LogP contribution in [0.2, 0.25) is 0 Å². The predicted octanol–water partition coefficient (Wildman–Crippen LogP) is 1.74. The van der Waals surface area contributed by atoms with Crippen molar-refractivity contribution >= 4 is 17.9 Å². The highest BCUT2D eigenvalue weighted by molar-refractivity contribution is 5.74. The summed E-state index contributed by atoms with van der Waals surface area (Å²) in [5, 5.41) is 13.3. The van der Waals surface area contributed by atoms with Crippen molar-refractivity contribution in [1.82, 2.24) is 14.7 Å². The minimum Gasteiger partial charge on any atom is -0.480 e. The van der Waals surface area contributed by atoms with Crippen LogP contribution in [-0.2, 0) is 23.9 Å². The van der Waals surface area contributed by atoms with Gasteiger partial charge in [0, 0.05) is 50.7 Å². The first kappa shape index (κ1) is 29.6. The van der Waals surface area contributed by atoms with Gasteiger partial charge in [-0.05, 0) is 53.5 Å². The van der Waals surface area contributed by atoms with Crippen molar-refractivity contribution in [1.29, 1.82) is 0 Å². The maximum atomic E-state index is 12.4. The van der Waals surface area contributed by atoms with E-state index in [1.54, 1.807) is 46.4 Å². The number of aliphatic carboxylic acids is 1. The first-order valence-electron chi connectivity index (χ1n) is 11.6. The van der Waals surface area contributed by atoms with Gasteiger partial charge in [0.25, 0.3) is 0 Å². The molecule has 1 saturated heterocycles. The first-order valence-corrected chi connectivity index (χ1v) is 11.6. The minimum absolute atomic E-state index is 0.0574. The summed E-state index contributed by atoms with van der Waals surface area (Å²) in [6.45, 7) is 13.7. The molecule has 0 aromatic rings. The second-order valence-corrected chi connectivity index (χ2v) is 10.4. The predicted molar refractivity (Wildman–Crippen MR) is 126 cm³/mol. The van der Waals surface area contributed by atoms with Crippen LogP contribution in [0, 0.1) is 0 Å². The van der Waals surface area contributed by atoms with Crippen LogP contribution in [0.1, 0.15) is 48.0 Å². The summed E-state index contributed by atoms with van der Waals surface area (Å²) in [5.74, 6) is -1.74. The molecule has 1 atom stereocenters. The van der Waals surface area contributed by atoms with Crippen LogP contribution in [0.5, 0.6) is 0 Å². The zero-order valence-corrected chi connectivity index (χ0v) is 21.3. The molecule has 0 aromatic carbocycles. The second kappa shape index (κ2) is 13.5. The molecule has 0 bridgehead atoms. The van der Waals surface area contributed by atoms with Gasteiger partial charge in [-0.1, -0.05) is 5.11 Å². The van der Waals surface area contributed by atoms with E-state index in [9.17, 15) is 19.5 Å². The summed E-state index contributed by atoms with van der Waals surface area (Å²) in [6.07, 6.45) is 0.164. The van der Waals surface area contributed by atoms with E-state index in [1.165, 1.54) is 0 Å². The van der Waals surface area contributed by atoms with Gasteiger partial charge in [-0.3, -0.25) is 29.1 Å². The van der Waals surface area contributed by atoms with Gasteiger partial charge < -0.3 is 14.6 Å². The number of carboxylic acids is 1. The molecule has 0 aliphatic carbocycles. The third-order valence-corrected chi connectivity index (χ3v) is 4.98. The van der Waals surface area contributed by atoms with E-state index < -0.39 is 23.2 Å². The molecule has 1 rings (SSSR count). The van der Waals surface area contributed by atoms with Gasteiger partial charge >= 0.3 is 17.9 Å². The number of hydrogen-bond donors (Lipinski definition) is 1. The van der Waals surface area contributed by atoms with Crippen LogP contribution >= 0.6 is 0 Å². The lowest BCUT2D eigenvalue weighted by atomic mass is 10.1. The van der Waals surface area contributed by atoms with Gasteiger partial charge in [0.1, 0.15) is 17.2 Å². The van der Waals surface area contributed by atoms with Crippen molar-refractivity contribution < 1.29 is 29.0 Å². The molecule has 12 nitrogen and oxygen atoms in total. The summed E-state index contributed by atoms with van der Waals surface area (Å²) in [4.78, 5) is 45.1. The van der Waals surface area contributed by atoms with E-state index >= 15 is 0 Å². The highest BCUT2D eigenvalue weighted by Gasteiger charge is 2.29. The van der Waals surface area contributed by atoms with Crippen molar-refractivity contribution in [3.8, 4) is 0 Å². The van der Waals surface area contributed by atoms with E-state index in [1.807, 2.05) is 9.80 Å². The van der Waals surface area contributed by atoms with Gasteiger partial charge in [-0.15, -0.1) is 0 Å². The van der Waals surface area contributed by atoms with E-state index in [4.69, 9.17) is 15.0 Å². The Morgan fingerprint density at radius 2 is 1.29 bits per heavy atom. The topological polar surface area (TPSA) is 148 Å². The van der Waals surface area contributed by atoms with Gasteiger partial charge in [-0.25, -0.2) is 0 Å². The molecule has 1 N–H and O–H groups in total. The smallest absolute Gasteiger partial charge is 0.320 e. The fourth-order valence-electron chi connectivity index (χ4n) is 3.59. The molecule has 1 aliphatic rings. The molecule has 1 fully saturated rings. The molecular formula is C22H40N6O6. The molecule has 12 heteroatoms. The number of nitrogens with zero attached hydrogens (tertiary/aromatic N) is 6. The number of carbonyl (C=O) groups is 3. The first-order chi connectivity index (χ1) is 15.7. The Morgan fingerprint density at radius 3 is 1.65 bits per heavy atom. The number of esters is 2. The van der Waals surface area contributed by atoms with Crippen LogP contribution in [-0.4, -0.2) is 114 Å². The summed E-state index contributed by atoms with van der Waals surface area (Å²) in [7, 11) is 0. The summed E-state index contributed by atoms with van der Waals surface area (Å²) >= 11 is 0. The Bertz CT molecular complexity index is 699. The van der Waals surface area contributed by atoms with Crippen LogP contribution in [0.25, 0.3) is 10.4 Å². The van der Waals surface area contributed by atoms with E-state index in [2.05, 4.69) is 10.0 Å². The molecule has 1 heterocycles. The van der Waals surface area contributed by atoms with Crippen LogP contribution in [0.4, 0.5) is 0 Å². The summed E-state index contributed by atoms with van der Waals surface area (Å²) in [6, 6.07) is -0.852. The molecule has 0 amide bonds. The minimum atomic E-state index is -1.01. The maximum Gasteiger partial charge on any atom is 0.320 e. The molecule has 0 radical (unpaired) electrons. The SMILES string of the molecule is CC(C)(C)OC(=O)CN1CCN(CC(=O)OC(C)(C)C)CCN(C(CCN=[N+]=[N-])C(=O)O)CC1. The average Bonchev–Trinajstić information content (AvgIpc) is 2.74. The van der Waals surface area contributed by atoms with Crippen molar-refractivity contribution in [2.24, 2.45) is 5.11 Å². The van der Waals surface area contributed by atoms with Crippen molar-refractivity contribution in [2.75, 3.05) is 58.9 Å². The zero-order chi connectivity index (χ0) is 25.9. The van der Waals surface area contributed by atoms with Crippen LogP contribution in [0.15, 0.2) is 5.11 Å². The molecule has 1 aliphatic heterocycles. The van der Waals surface area contributed by atoms with Gasteiger partial charge in [0.15, 0.2) is 0 Å². The van der Waals surface area contributed by atoms with E-state index in [-0.39, 0.29) is 38.0 Å².